The average molecular weight is 195 g/mol. The summed E-state index contributed by atoms with van der Waals surface area (Å²) in [6.07, 6.45) is 0.971. The number of hydrogen-bond acceptors (Lipinski definition) is 2. The molecule has 0 N–H and O–H groups in total. The topological polar surface area (TPSA) is 26.3 Å². The minimum absolute atomic E-state index is 0.0125. The molecule has 0 aliphatic rings. The molecule has 2 nitrogen and oxygen atoms in total. The molecule has 0 unspecified atom stereocenters. The van der Waals surface area contributed by atoms with Gasteiger partial charge in [-0.15, -0.1) is 11.6 Å². The van der Waals surface area contributed by atoms with Crippen LogP contribution in [0.15, 0.2) is 0 Å². The van der Waals surface area contributed by atoms with Gasteiger partial charge in [0.2, 0.25) is 9.76 Å². The summed E-state index contributed by atoms with van der Waals surface area (Å²) in [5.41, 5.74) is 0. The van der Waals surface area contributed by atoms with Gasteiger partial charge in [0.25, 0.3) is 5.97 Å². The van der Waals surface area contributed by atoms with Gasteiger partial charge in [-0.1, -0.05) is 13.8 Å². The largest absolute Gasteiger partial charge is 0.525 e. The lowest BCUT2D eigenvalue weighted by atomic mass is 10.2. The van der Waals surface area contributed by atoms with E-state index in [0.29, 0.717) is 5.88 Å². The van der Waals surface area contributed by atoms with E-state index in [1.807, 2.05) is 13.8 Å². The van der Waals surface area contributed by atoms with E-state index < -0.39 is 9.76 Å². The van der Waals surface area contributed by atoms with Gasteiger partial charge in [0.15, 0.2) is 0 Å². The fourth-order valence-electron chi connectivity index (χ4n) is 0.536. The van der Waals surface area contributed by atoms with Crippen molar-refractivity contribution in [1.29, 1.82) is 0 Å². The monoisotopic (exact) mass is 194 g/mol. The molecule has 0 aliphatic heterocycles. The van der Waals surface area contributed by atoms with Crippen LogP contribution in [0.4, 0.5) is 0 Å². The number of rotatable bonds is 5. The van der Waals surface area contributed by atoms with Crippen LogP contribution in [0.5, 0.6) is 0 Å². The van der Waals surface area contributed by atoms with E-state index in [1.54, 1.807) is 0 Å². The van der Waals surface area contributed by atoms with Crippen molar-refractivity contribution in [3.63, 3.8) is 0 Å². The minimum Gasteiger partial charge on any atom is -0.525 e. The molecule has 0 rings (SSSR count). The van der Waals surface area contributed by atoms with Crippen LogP contribution in [0, 0.1) is 5.92 Å². The van der Waals surface area contributed by atoms with E-state index in [9.17, 15) is 4.79 Å². The van der Waals surface area contributed by atoms with Crippen molar-refractivity contribution in [3.05, 3.63) is 0 Å². The molecule has 0 bridgehead atoms. The maximum absolute atomic E-state index is 10.9. The number of alkyl halides is 1. The molecule has 11 heavy (non-hydrogen) atoms. The van der Waals surface area contributed by atoms with E-state index in [2.05, 4.69) is 0 Å². The normalized spacial score (nSPS) is 11.3. The summed E-state index contributed by atoms with van der Waals surface area (Å²) in [4.78, 5) is 10.9. The van der Waals surface area contributed by atoms with Crippen LogP contribution >= 0.6 is 11.6 Å². The summed E-state index contributed by atoms with van der Waals surface area (Å²) in [5.74, 6) is 0.622. The minimum atomic E-state index is -0.624. The molecular weight excluding hydrogens is 180 g/mol. The zero-order valence-corrected chi connectivity index (χ0v) is 9.27. The molecule has 4 heteroatoms. The van der Waals surface area contributed by atoms with E-state index in [1.165, 1.54) is 0 Å². The van der Waals surface area contributed by atoms with Gasteiger partial charge in [-0.3, -0.25) is 4.79 Å². The molecule has 0 radical (unpaired) electrons. The Hall–Kier alpha value is -0.0231. The zero-order chi connectivity index (χ0) is 8.69. The first-order valence-electron chi connectivity index (χ1n) is 3.91. The summed E-state index contributed by atoms with van der Waals surface area (Å²) in [7, 11) is -0.624. The van der Waals surface area contributed by atoms with Crippen molar-refractivity contribution in [2.24, 2.45) is 5.92 Å². The zero-order valence-electron chi connectivity index (χ0n) is 7.10. The van der Waals surface area contributed by atoms with Crippen molar-refractivity contribution >= 4 is 27.3 Å². The predicted molar refractivity (Wildman–Crippen MR) is 49.6 cm³/mol. The summed E-state index contributed by atoms with van der Waals surface area (Å²) < 4.78 is 5.05. The van der Waals surface area contributed by atoms with Crippen molar-refractivity contribution in [2.45, 2.75) is 26.3 Å². The third-order valence-electron chi connectivity index (χ3n) is 1.24. The molecule has 0 aromatic rings. The molecule has 0 saturated carbocycles. The van der Waals surface area contributed by atoms with Crippen molar-refractivity contribution in [3.8, 4) is 0 Å². The lowest BCUT2D eigenvalue weighted by molar-refractivity contribution is -0.137. The van der Waals surface area contributed by atoms with Gasteiger partial charge in [-0.2, -0.15) is 0 Å². The highest BCUT2D eigenvalue weighted by Gasteiger charge is 2.06. The van der Waals surface area contributed by atoms with Crippen LogP contribution in [0.1, 0.15) is 20.3 Å². The molecule has 0 aliphatic carbocycles. The molecule has 0 aromatic carbocycles. The predicted octanol–water partition coefficient (Wildman–Crippen LogP) is 1.32. The summed E-state index contributed by atoms with van der Waals surface area (Å²) in [6, 6.07) is 1.00. The van der Waals surface area contributed by atoms with Gasteiger partial charge in [0.1, 0.15) is 0 Å². The fourth-order valence-corrected chi connectivity index (χ4v) is 2.17. The lowest BCUT2D eigenvalue weighted by Gasteiger charge is -2.05. The summed E-state index contributed by atoms with van der Waals surface area (Å²) in [5, 5.41) is 0. The molecular formula is C7H15ClO2Si. The second-order valence-electron chi connectivity index (χ2n) is 2.72. The first kappa shape index (κ1) is 11.0. The SMILES string of the molecule is CC(C)C(=O)O[SiH2]CCCCl. The molecule has 0 atom stereocenters. The third-order valence-corrected chi connectivity index (χ3v) is 2.79. The first-order chi connectivity index (χ1) is 5.18. The smallest absolute Gasteiger partial charge is 0.294 e. The molecule has 0 fully saturated rings. The van der Waals surface area contributed by atoms with E-state index in [4.69, 9.17) is 16.0 Å². The van der Waals surface area contributed by atoms with Crippen LogP contribution in [0.2, 0.25) is 6.04 Å². The van der Waals surface area contributed by atoms with Gasteiger partial charge in [-0.05, 0) is 12.5 Å². The van der Waals surface area contributed by atoms with E-state index >= 15 is 0 Å². The van der Waals surface area contributed by atoms with Gasteiger partial charge in [0, 0.05) is 11.8 Å². The number of carbonyl (C=O) groups is 1. The molecule has 66 valence electrons. The third kappa shape index (κ3) is 6.38. The van der Waals surface area contributed by atoms with Crippen LogP contribution in [0.3, 0.4) is 0 Å². The second-order valence-corrected chi connectivity index (χ2v) is 4.50. The highest BCUT2D eigenvalue weighted by Crippen LogP contribution is 1.97. The number of halogens is 1. The Morgan fingerprint density at radius 3 is 2.73 bits per heavy atom. The van der Waals surface area contributed by atoms with Crippen LogP contribution in [-0.4, -0.2) is 21.6 Å². The standard InChI is InChI=1S/C7H15ClO2Si/c1-6(2)7(9)10-11-5-3-4-8/h6H,3-5,11H2,1-2H3. The van der Waals surface area contributed by atoms with Crippen LogP contribution in [-0.2, 0) is 9.22 Å². The van der Waals surface area contributed by atoms with Crippen molar-refractivity contribution in [2.75, 3.05) is 5.88 Å². The Morgan fingerprint density at radius 2 is 2.27 bits per heavy atom. The Bertz CT molecular complexity index is 117. The average Bonchev–Trinajstić information content (AvgIpc) is 1.97. The van der Waals surface area contributed by atoms with Crippen LogP contribution < -0.4 is 0 Å². The second kappa shape index (κ2) is 6.67. The lowest BCUT2D eigenvalue weighted by Crippen LogP contribution is -2.14. The van der Waals surface area contributed by atoms with Gasteiger partial charge in [-0.25, -0.2) is 0 Å². The number of carbonyl (C=O) groups excluding carboxylic acids is 1. The maximum Gasteiger partial charge on any atom is 0.294 e. The highest BCUT2D eigenvalue weighted by atomic mass is 35.5. The molecule has 0 saturated heterocycles. The molecule has 0 spiro atoms. The quantitative estimate of drug-likeness (QED) is 0.375. The molecule has 0 aromatic heterocycles. The van der Waals surface area contributed by atoms with Crippen molar-refractivity contribution in [1.82, 2.24) is 0 Å². The van der Waals surface area contributed by atoms with Gasteiger partial charge < -0.3 is 4.43 Å². The Morgan fingerprint density at radius 1 is 1.64 bits per heavy atom. The summed E-state index contributed by atoms with van der Waals surface area (Å²) >= 11 is 5.46. The Balaban J connectivity index is 3.18. The fraction of sp³-hybridized carbons (Fsp3) is 0.857. The molecule has 0 amide bonds. The van der Waals surface area contributed by atoms with Crippen molar-refractivity contribution < 1.29 is 9.22 Å². The van der Waals surface area contributed by atoms with Gasteiger partial charge in [0.05, 0.1) is 0 Å². The van der Waals surface area contributed by atoms with Crippen LogP contribution in [0.25, 0.3) is 0 Å². The highest BCUT2D eigenvalue weighted by molar-refractivity contribution is 6.30. The maximum atomic E-state index is 10.9. The van der Waals surface area contributed by atoms with E-state index in [0.717, 1.165) is 12.5 Å². The Labute approximate surface area is 75.2 Å². The first-order valence-corrected chi connectivity index (χ1v) is 6.02. The summed E-state index contributed by atoms with van der Waals surface area (Å²) in [6.45, 7) is 3.69. The van der Waals surface area contributed by atoms with E-state index in [-0.39, 0.29) is 11.9 Å². The molecule has 0 heterocycles. The Kier molecular flexibility index (Phi) is 6.66. The van der Waals surface area contributed by atoms with Gasteiger partial charge >= 0.3 is 0 Å². The number of hydrogen-bond donors (Lipinski definition) is 0.